The molecule has 0 atom stereocenters. The fraction of sp³-hybridized carbons (Fsp3) is 0.900. The van der Waals surface area contributed by atoms with E-state index in [4.69, 9.17) is 0 Å². The van der Waals surface area contributed by atoms with Crippen LogP contribution in [0.2, 0.25) is 0 Å². The van der Waals surface area contributed by atoms with Crippen LogP contribution in [0.4, 0.5) is 0 Å². The van der Waals surface area contributed by atoms with Gasteiger partial charge in [-0.15, -0.1) is 0 Å². The van der Waals surface area contributed by atoms with Crippen molar-refractivity contribution >= 4 is 37.6 Å². The highest BCUT2D eigenvalue weighted by Gasteiger charge is 2.62. The third kappa shape index (κ3) is 1.06. The van der Waals surface area contributed by atoms with E-state index in [0.717, 1.165) is 37.5 Å². The van der Waals surface area contributed by atoms with Crippen LogP contribution in [0, 0.1) is 11.8 Å². The average molecular weight is 308 g/mol. The predicted octanol–water partition coefficient (Wildman–Crippen LogP) is 3.05. The molecule has 0 unspecified atom stereocenters. The Labute approximate surface area is 94.9 Å². The molecule has 4 aliphatic rings. The number of ketones is 1. The molecule has 4 saturated carbocycles. The summed E-state index contributed by atoms with van der Waals surface area (Å²) in [4.78, 5) is 12.1. The van der Waals surface area contributed by atoms with Crippen LogP contribution in [0.25, 0.3) is 0 Å². The van der Waals surface area contributed by atoms with E-state index in [0.29, 0.717) is 5.78 Å². The molecule has 4 fully saturated rings. The second kappa shape index (κ2) is 2.41. The Morgan fingerprint density at radius 3 is 1.77 bits per heavy atom. The summed E-state index contributed by atoms with van der Waals surface area (Å²) in [6.07, 6.45) is 5.67. The van der Waals surface area contributed by atoms with E-state index in [-0.39, 0.29) is 8.65 Å². The summed E-state index contributed by atoms with van der Waals surface area (Å²) in [5, 5.41) is 0. The maximum absolute atomic E-state index is 12.1. The summed E-state index contributed by atoms with van der Waals surface area (Å²) >= 11 is 7.36. The molecule has 0 spiro atoms. The van der Waals surface area contributed by atoms with Crippen molar-refractivity contribution in [3.8, 4) is 0 Å². The number of carbonyl (C=O) groups is 1. The number of rotatable bonds is 0. The van der Waals surface area contributed by atoms with E-state index in [9.17, 15) is 4.79 Å². The van der Waals surface area contributed by atoms with Crippen LogP contribution >= 0.6 is 31.9 Å². The van der Waals surface area contributed by atoms with Gasteiger partial charge in [0.15, 0.2) is 5.78 Å². The topological polar surface area (TPSA) is 17.1 Å². The van der Waals surface area contributed by atoms with Crippen molar-refractivity contribution in [2.24, 2.45) is 11.8 Å². The van der Waals surface area contributed by atoms with Gasteiger partial charge in [0.2, 0.25) is 0 Å². The highest BCUT2D eigenvalue weighted by atomic mass is 79.9. The Kier molecular flexibility index (Phi) is 1.65. The molecular weight excluding hydrogens is 296 g/mol. The monoisotopic (exact) mass is 306 g/mol. The first kappa shape index (κ1) is 8.90. The number of carbonyl (C=O) groups excluding carboxylic acids is 1. The lowest BCUT2D eigenvalue weighted by Crippen LogP contribution is -2.61. The summed E-state index contributed by atoms with van der Waals surface area (Å²) in [6.45, 7) is 0. The van der Waals surface area contributed by atoms with Crippen molar-refractivity contribution in [1.82, 2.24) is 0 Å². The van der Waals surface area contributed by atoms with Gasteiger partial charge in [-0.25, -0.2) is 0 Å². The van der Waals surface area contributed by atoms with Crippen LogP contribution in [0.5, 0.6) is 0 Å². The molecule has 0 aromatic heterocycles. The number of hydrogen-bond acceptors (Lipinski definition) is 1. The van der Waals surface area contributed by atoms with E-state index in [1.54, 1.807) is 0 Å². The maximum atomic E-state index is 12.1. The first-order valence-corrected chi connectivity index (χ1v) is 6.53. The van der Waals surface area contributed by atoms with Gasteiger partial charge in [0, 0.05) is 0 Å². The van der Waals surface area contributed by atoms with E-state index >= 15 is 0 Å². The molecule has 0 aromatic rings. The molecular formula is C10H12Br2O. The first-order chi connectivity index (χ1) is 6.02. The smallest absolute Gasteiger partial charge is 0.166 e. The molecule has 0 aliphatic heterocycles. The minimum atomic E-state index is -0.152. The quantitative estimate of drug-likeness (QED) is 0.629. The zero-order valence-corrected chi connectivity index (χ0v) is 10.5. The zero-order valence-electron chi connectivity index (χ0n) is 7.35. The minimum Gasteiger partial charge on any atom is -0.297 e. The Hall–Kier alpha value is 0.630. The van der Waals surface area contributed by atoms with Crippen molar-refractivity contribution in [2.75, 3.05) is 0 Å². The van der Waals surface area contributed by atoms with Gasteiger partial charge in [-0.2, -0.15) is 0 Å². The lowest BCUT2D eigenvalue weighted by Gasteiger charge is -2.56. The van der Waals surface area contributed by atoms with Gasteiger partial charge >= 0.3 is 0 Å². The summed E-state index contributed by atoms with van der Waals surface area (Å²) in [5.74, 6) is 1.99. The number of Topliss-reactive ketones (excluding diaryl/α,β-unsaturated/α-hetero) is 1. The largest absolute Gasteiger partial charge is 0.297 e. The lowest BCUT2D eigenvalue weighted by molar-refractivity contribution is -0.133. The highest BCUT2D eigenvalue weighted by Crippen LogP contribution is 2.61. The summed E-state index contributed by atoms with van der Waals surface area (Å²) < 4.78 is -0.304. The molecule has 0 N–H and O–H groups in total. The first-order valence-electron chi connectivity index (χ1n) is 4.95. The van der Waals surface area contributed by atoms with E-state index in [1.165, 1.54) is 6.42 Å². The Balaban J connectivity index is 2.08. The van der Waals surface area contributed by atoms with Crippen LogP contribution in [0.15, 0.2) is 0 Å². The Morgan fingerprint density at radius 2 is 1.38 bits per heavy atom. The summed E-state index contributed by atoms with van der Waals surface area (Å²) in [7, 11) is 0. The van der Waals surface area contributed by atoms with Gasteiger partial charge in [-0.3, -0.25) is 4.79 Å². The SMILES string of the molecule is O=C1C2(Br)CC3CC(C2)CC1(Br)C3. The van der Waals surface area contributed by atoms with Crippen molar-refractivity contribution in [1.29, 1.82) is 0 Å². The standard InChI is InChI=1S/C10H12Br2O/c11-9-2-6-1-7(4-9)5-10(12,3-6)8(9)13/h6-7H,1-5H2. The van der Waals surface area contributed by atoms with Gasteiger partial charge in [-0.1, -0.05) is 31.9 Å². The molecule has 4 bridgehead atoms. The van der Waals surface area contributed by atoms with Crippen molar-refractivity contribution in [3.63, 3.8) is 0 Å². The van der Waals surface area contributed by atoms with Gasteiger partial charge in [0.05, 0.1) is 8.65 Å². The molecule has 0 radical (unpaired) electrons. The predicted molar refractivity (Wildman–Crippen MR) is 58.4 cm³/mol. The van der Waals surface area contributed by atoms with Crippen LogP contribution in [-0.4, -0.2) is 14.4 Å². The molecule has 1 nitrogen and oxygen atoms in total. The fourth-order valence-corrected chi connectivity index (χ4v) is 6.57. The molecule has 4 aliphatic carbocycles. The maximum Gasteiger partial charge on any atom is 0.166 e. The average Bonchev–Trinajstić information content (AvgIpc) is 1.97. The molecule has 0 heterocycles. The van der Waals surface area contributed by atoms with E-state index in [1.807, 2.05) is 0 Å². The van der Waals surface area contributed by atoms with Crippen LogP contribution in [0.3, 0.4) is 0 Å². The molecule has 0 saturated heterocycles. The van der Waals surface area contributed by atoms with Crippen LogP contribution in [-0.2, 0) is 4.79 Å². The lowest BCUT2D eigenvalue weighted by atomic mass is 9.55. The third-order valence-electron chi connectivity index (χ3n) is 3.93. The Bertz CT molecular complexity index is 249. The van der Waals surface area contributed by atoms with Gasteiger partial charge < -0.3 is 0 Å². The van der Waals surface area contributed by atoms with Crippen LogP contribution in [0.1, 0.15) is 32.1 Å². The molecule has 0 aromatic carbocycles. The Morgan fingerprint density at radius 1 is 1.00 bits per heavy atom. The molecule has 4 rings (SSSR count). The van der Waals surface area contributed by atoms with E-state index < -0.39 is 0 Å². The van der Waals surface area contributed by atoms with Crippen molar-refractivity contribution < 1.29 is 4.79 Å². The van der Waals surface area contributed by atoms with E-state index in [2.05, 4.69) is 31.9 Å². The van der Waals surface area contributed by atoms with Gasteiger partial charge in [0.25, 0.3) is 0 Å². The van der Waals surface area contributed by atoms with Crippen LogP contribution < -0.4 is 0 Å². The number of halogens is 2. The molecule has 3 heteroatoms. The van der Waals surface area contributed by atoms with Gasteiger partial charge in [0.1, 0.15) is 0 Å². The van der Waals surface area contributed by atoms with Gasteiger partial charge in [-0.05, 0) is 43.9 Å². The second-order valence-electron chi connectivity index (χ2n) is 5.04. The third-order valence-corrected chi connectivity index (χ3v) is 5.94. The number of hydrogen-bond donors (Lipinski definition) is 0. The minimum absolute atomic E-state index is 0.152. The van der Waals surface area contributed by atoms with Crippen molar-refractivity contribution in [3.05, 3.63) is 0 Å². The normalized spacial score (nSPS) is 58.8. The molecule has 0 amide bonds. The summed E-state index contributed by atoms with van der Waals surface area (Å²) in [6, 6.07) is 0. The molecule has 72 valence electrons. The second-order valence-corrected chi connectivity index (χ2v) is 8.08. The highest BCUT2D eigenvalue weighted by molar-refractivity contribution is 9.11. The zero-order chi connectivity index (χ0) is 9.27. The number of alkyl halides is 2. The van der Waals surface area contributed by atoms with Crippen molar-refractivity contribution in [2.45, 2.75) is 40.8 Å². The summed E-state index contributed by atoms with van der Waals surface area (Å²) in [5.41, 5.74) is 0. The molecule has 13 heavy (non-hydrogen) atoms. The fourth-order valence-electron chi connectivity index (χ4n) is 3.72.